The molecule has 2 unspecified atom stereocenters. The Morgan fingerprint density at radius 3 is 2.50 bits per heavy atom. The molecule has 1 rings (SSSR count). The first-order valence-electron chi connectivity index (χ1n) is 6.37. The number of carbonyl (C=O) groups is 1. The standard InChI is InChI=1S/C12H19F3INO/c13-12(14,15)10-6-2-1-5-9(10)11(18)17-8-4-3-7-16/h9-10H,1-8H2,(H,17,18). The molecular formula is C12H19F3INO. The summed E-state index contributed by atoms with van der Waals surface area (Å²) < 4.78 is 39.4. The molecule has 1 fully saturated rings. The summed E-state index contributed by atoms with van der Waals surface area (Å²) in [7, 11) is 0. The van der Waals surface area contributed by atoms with Crippen molar-refractivity contribution in [1.29, 1.82) is 0 Å². The number of hydrogen-bond donors (Lipinski definition) is 1. The Hall–Kier alpha value is -0.0100. The molecule has 18 heavy (non-hydrogen) atoms. The van der Waals surface area contributed by atoms with Crippen LogP contribution in [-0.4, -0.2) is 23.1 Å². The number of rotatable bonds is 5. The third kappa shape index (κ3) is 4.93. The van der Waals surface area contributed by atoms with Crippen LogP contribution in [0.15, 0.2) is 0 Å². The number of carbonyl (C=O) groups excluding carboxylic acids is 1. The predicted molar refractivity (Wildman–Crippen MR) is 72.6 cm³/mol. The topological polar surface area (TPSA) is 29.1 Å². The van der Waals surface area contributed by atoms with Crippen LogP contribution < -0.4 is 5.32 Å². The molecule has 6 heteroatoms. The minimum Gasteiger partial charge on any atom is -0.356 e. The van der Waals surface area contributed by atoms with Gasteiger partial charge in [-0.25, -0.2) is 0 Å². The molecule has 0 aromatic carbocycles. The van der Waals surface area contributed by atoms with Gasteiger partial charge in [-0.2, -0.15) is 13.2 Å². The van der Waals surface area contributed by atoms with Crippen molar-refractivity contribution in [3.63, 3.8) is 0 Å². The van der Waals surface area contributed by atoms with Crippen molar-refractivity contribution in [1.82, 2.24) is 5.32 Å². The highest BCUT2D eigenvalue weighted by Gasteiger charge is 2.47. The van der Waals surface area contributed by atoms with Crippen LogP contribution in [-0.2, 0) is 4.79 Å². The lowest BCUT2D eigenvalue weighted by molar-refractivity contribution is -0.198. The maximum absolute atomic E-state index is 12.8. The van der Waals surface area contributed by atoms with Crippen LogP contribution in [0.5, 0.6) is 0 Å². The van der Waals surface area contributed by atoms with E-state index in [0.29, 0.717) is 19.4 Å². The van der Waals surface area contributed by atoms with Gasteiger partial charge in [0.2, 0.25) is 5.91 Å². The summed E-state index contributed by atoms with van der Waals surface area (Å²) >= 11 is 2.24. The number of unbranched alkanes of at least 4 members (excludes halogenated alkanes) is 1. The lowest BCUT2D eigenvalue weighted by Gasteiger charge is -2.32. The van der Waals surface area contributed by atoms with E-state index in [1.165, 1.54) is 0 Å². The molecule has 1 aliphatic carbocycles. The highest BCUT2D eigenvalue weighted by molar-refractivity contribution is 14.1. The van der Waals surface area contributed by atoms with Crippen molar-refractivity contribution in [2.75, 3.05) is 11.0 Å². The molecule has 0 aromatic rings. The van der Waals surface area contributed by atoms with E-state index in [-0.39, 0.29) is 6.42 Å². The summed E-state index contributed by atoms with van der Waals surface area (Å²) in [6, 6.07) is 0. The van der Waals surface area contributed by atoms with Crippen LogP contribution in [0, 0.1) is 11.8 Å². The molecule has 1 saturated carbocycles. The molecule has 0 bridgehead atoms. The number of hydrogen-bond acceptors (Lipinski definition) is 1. The second-order valence-electron chi connectivity index (χ2n) is 4.73. The molecule has 1 N–H and O–H groups in total. The maximum Gasteiger partial charge on any atom is 0.392 e. The Morgan fingerprint density at radius 1 is 1.22 bits per heavy atom. The van der Waals surface area contributed by atoms with E-state index in [4.69, 9.17) is 0 Å². The predicted octanol–water partition coefficient (Wildman–Crippen LogP) is 3.69. The smallest absolute Gasteiger partial charge is 0.356 e. The van der Waals surface area contributed by atoms with E-state index < -0.39 is 23.9 Å². The molecule has 0 heterocycles. The highest BCUT2D eigenvalue weighted by Crippen LogP contribution is 2.41. The van der Waals surface area contributed by atoms with Gasteiger partial charge >= 0.3 is 6.18 Å². The van der Waals surface area contributed by atoms with Crippen molar-refractivity contribution in [2.24, 2.45) is 11.8 Å². The lowest BCUT2D eigenvalue weighted by Crippen LogP contribution is -2.42. The zero-order chi connectivity index (χ0) is 13.6. The Labute approximate surface area is 119 Å². The zero-order valence-corrected chi connectivity index (χ0v) is 12.4. The van der Waals surface area contributed by atoms with Crippen molar-refractivity contribution >= 4 is 28.5 Å². The van der Waals surface area contributed by atoms with E-state index in [9.17, 15) is 18.0 Å². The summed E-state index contributed by atoms with van der Waals surface area (Å²) in [5.41, 5.74) is 0. The molecule has 0 aromatic heterocycles. The second kappa shape index (κ2) is 7.55. The van der Waals surface area contributed by atoms with E-state index in [2.05, 4.69) is 27.9 Å². The summed E-state index contributed by atoms with van der Waals surface area (Å²) in [5, 5.41) is 2.65. The Bertz CT molecular complexity index is 271. The SMILES string of the molecule is O=C(NCCCCI)C1CCCCC1C(F)(F)F. The normalized spacial score (nSPS) is 24.9. The number of amides is 1. The lowest BCUT2D eigenvalue weighted by atomic mass is 9.78. The molecule has 0 aliphatic heterocycles. The fourth-order valence-corrected chi connectivity index (χ4v) is 2.94. The molecule has 1 amide bonds. The highest BCUT2D eigenvalue weighted by atomic mass is 127. The first-order valence-corrected chi connectivity index (χ1v) is 7.89. The molecule has 2 atom stereocenters. The Kier molecular flexibility index (Phi) is 6.73. The van der Waals surface area contributed by atoms with Crippen molar-refractivity contribution in [2.45, 2.75) is 44.7 Å². The summed E-state index contributed by atoms with van der Waals surface area (Å²) in [4.78, 5) is 11.8. The first-order chi connectivity index (χ1) is 8.46. The van der Waals surface area contributed by atoms with Gasteiger partial charge in [0.05, 0.1) is 5.92 Å². The van der Waals surface area contributed by atoms with Crippen LogP contribution in [0.3, 0.4) is 0 Å². The minimum absolute atomic E-state index is 0.0926. The van der Waals surface area contributed by atoms with Gasteiger partial charge in [0.1, 0.15) is 0 Å². The van der Waals surface area contributed by atoms with Crippen LogP contribution in [0.4, 0.5) is 13.2 Å². The van der Waals surface area contributed by atoms with E-state index in [1.807, 2.05) is 0 Å². The molecule has 0 radical (unpaired) electrons. The monoisotopic (exact) mass is 377 g/mol. The summed E-state index contributed by atoms with van der Waals surface area (Å²) in [6.07, 6.45) is -0.685. The molecule has 2 nitrogen and oxygen atoms in total. The Morgan fingerprint density at radius 2 is 1.89 bits per heavy atom. The van der Waals surface area contributed by atoms with Crippen LogP contribution >= 0.6 is 22.6 Å². The van der Waals surface area contributed by atoms with E-state index in [0.717, 1.165) is 23.7 Å². The van der Waals surface area contributed by atoms with Gasteiger partial charge in [0.15, 0.2) is 0 Å². The van der Waals surface area contributed by atoms with Crippen LogP contribution in [0.25, 0.3) is 0 Å². The van der Waals surface area contributed by atoms with E-state index >= 15 is 0 Å². The first kappa shape index (κ1) is 16.0. The average molecular weight is 377 g/mol. The second-order valence-corrected chi connectivity index (χ2v) is 5.80. The third-order valence-electron chi connectivity index (χ3n) is 3.38. The van der Waals surface area contributed by atoms with Crippen molar-refractivity contribution in [3.05, 3.63) is 0 Å². The van der Waals surface area contributed by atoms with Crippen molar-refractivity contribution < 1.29 is 18.0 Å². The fraction of sp³-hybridized carbons (Fsp3) is 0.917. The third-order valence-corrected chi connectivity index (χ3v) is 4.15. The van der Waals surface area contributed by atoms with Crippen molar-refractivity contribution in [3.8, 4) is 0 Å². The van der Waals surface area contributed by atoms with Gasteiger partial charge in [-0.1, -0.05) is 35.4 Å². The van der Waals surface area contributed by atoms with Crippen LogP contribution in [0.1, 0.15) is 38.5 Å². The van der Waals surface area contributed by atoms with Gasteiger partial charge in [-0.05, 0) is 30.1 Å². The molecular weight excluding hydrogens is 358 g/mol. The average Bonchev–Trinajstić information content (AvgIpc) is 2.33. The summed E-state index contributed by atoms with van der Waals surface area (Å²) in [5.74, 6) is -2.74. The quantitative estimate of drug-likeness (QED) is 0.442. The molecule has 1 aliphatic rings. The number of halogens is 4. The minimum atomic E-state index is -4.25. The van der Waals surface area contributed by atoms with Crippen LogP contribution in [0.2, 0.25) is 0 Å². The maximum atomic E-state index is 12.8. The van der Waals surface area contributed by atoms with Gasteiger partial charge in [0, 0.05) is 12.5 Å². The zero-order valence-electron chi connectivity index (χ0n) is 10.2. The van der Waals surface area contributed by atoms with Gasteiger partial charge in [0.25, 0.3) is 0 Å². The Balaban J connectivity index is 2.47. The molecule has 106 valence electrons. The number of alkyl halides is 4. The largest absolute Gasteiger partial charge is 0.392 e. The molecule has 0 spiro atoms. The summed E-state index contributed by atoms with van der Waals surface area (Å²) in [6.45, 7) is 0.489. The molecule has 0 saturated heterocycles. The number of nitrogens with one attached hydrogen (secondary N) is 1. The van der Waals surface area contributed by atoms with Gasteiger partial charge < -0.3 is 5.32 Å². The van der Waals surface area contributed by atoms with Gasteiger partial charge in [-0.3, -0.25) is 4.79 Å². The van der Waals surface area contributed by atoms with E-state index in [1.54, 1.807) is 0 Å². The fourth-order valence-electron chi connectivity index (χ4n) is 2.40. The van der Waals surface area contributed by atoms with Gasteiger partial charge in [-0.15, -0.1) is 0 Å².